The molecule has 3 rings (SSSR count). The molecule has 27 heavy (non-hydrogen) atoms. The van der Waals surface area contributed by atoms with Crippen LogP contribution in [0.15, 0.2) is 16.6 Å². The summed E-state index contributed by atoms with van der Waals surface area (Å²) in [5.41, 5.74) is 7.28. The zero-order chi connectivity index (χ0) is 19.7. The molecule has 0 aromatic heterocycles. The number of anilines is 1. The van der Waals surface area contributed by atoms with Gasteiger partial charge in [0.25, 0.3) is 0 Å². The molecule has 0 bridgehead atoms. The van der Waals surface area contributed by atoms with E-state index in [9.17, 15) is 18.8 Å². The number of nitrogens with one attached hydrogen (secondary N) is 1. The van der Waals surface area contributed by atoms with Gasteiger partial charge in [0.1, 0.15) is 5.69 Å². The molecular formula is C17H19BrClFN4O3. The lowest BCUT2D eigenvalue weighted by molar-refractivity contribution is -0.132. The molecule has 0 unspecified atom stereocenters. The minimum absolute atomic E-state index is 0.0207. The van der Waals surface area contributed by atoms with E-state index in [1.54, 1.807) is 4.90 Å². The van der Waals surface area contributed by atoms with Gasteiger partial charge in [-0.3, -0.25) is 15.0 Å². The summed E-state index contributed by atoms with van der Waals surface area (Å²) in [4.78, 5) is 38.0. The Morgan fingerprint density at radius 3 is 2.63 bits per heavy atom. The van der Waals surface area contributed by atoms with Crippen LogP contribution in [0.3, 0.4) is 0 Å². The standard InChI is InChI=1S/C17H19BrClFN4O3/c18-11-6-12(19)15(13(20)7-11)24(17(21)27)22-14(25)5-9-3-4-23(8-9)16(26)10-1-2-10/h6-7,9-10H,1-5,8H2,(H2,21,27)(H,22,25)/t9-/m0/s1. The van der Waals surface area contributed by atoms with Crippen LogP contribution in [0.4, 0.5) is 14.9 Å². The molecule has 1 atom stereocenters. The van der Waals surface area contributed by atoms with Gasteiger partial charge < -0.3 is 10.6 Å². The highest BCUT2D eigenvalue weighted by molar-refractivity contribution is 9.10. The van der Waals surface area contributed by atoms with Crippen LogP contribution in [0.2, 0.25) is 5.02 Å². The van der Waals surface area contributed by atoms with E-state index >= 15 is 0 Å². The van der Waals surface area contributed by atoms with Crippen LogP contribution in [0.5, 0.6) is 0 Å². The number of carbonyl (C=O) groups excluding carboxylic acids is 3. The van der Waals surface area contributed by atoms with Crippen LogP contribution >= 0.6 is 27.5 Å². The quantitative estimate of drug-likeness (QED) is 0.675. The highest BCUT2D eigenvalue weighted by atomic mass is 79.9. The Morgan fingerprint density at radius 1 is 1.33 bits per heavy atom. The lowest BCUT2D eigenvalue weighted by atomic mass is 10.1. The second kappa shape index (κ2) is 8.02. The molecule has 0 spiro atoms. The summed E-state index contributed by atoms with van der Waals surface area (Å²) < 4.78 is 14.6. The maximum atomic E-state index is 14.2. The van der Waals surface area contributed by atoms with Crippen LogP contribution in [0.25, 0.3) is 0 Å². The van der Waals surface area contributed by atoms with Gasteiger partial charge in [-0.25, -0.2) is 9.18 Å². The number of nitrogens with zero attached hydrogens (tertiary/aromatic N) is 2. The van der Waals surface area contributed by atoms with Gasteiger partial charge in [-0.2, -0.15) is 5.01 Å². The summed E-state index contributed by atoms with van der Waals surface area (Å²) in [5.74, 6) is -1.04. The van der Waals surface area contributed by atoms with E-state index in [0.717, 1.165) is 18.9 Å². The molecule has 2 fully saturated rings. The molecule has 0 radical (unpaired) electrons. The fourth-order valence-electron chi connectivity index (χ4n) is 3.19. The number of primary amides is 1. The first-order valence-electron chi connectivity index (χ1n) is 8.58. The number of likely N-dealkylation sites (tertiary alicyclic amines) is 1. The van der Waals surface area contributed by atoms with Crippen molar-refractivity contribution >= 4 is 51.1 Å². The molecule has 146 valence electrons. The Hall–Kier alpha value is -1.87. The number of nitrogens with two attached hydrogens (primary N) is 1. The van der Waals surface area contributed by atoms with E-state index in [1.807, 2.05) is 0 Å². The highest BCUT2D eigenvalue weighted by Crippen LogP contribution is 2.34. The first-order valence-corrected chi connectivity index (χ1v) is 9.75. The zero-order valence-corrected chi connectivity index (χ0v) is 16.7. The van der Waals surface area contributed by atoms with E-state index in [2.05, 4.69) is 21.4 Å². The Kier molecular flexibility index (Phi) is 5.90. The van der Waals surface area contributed by atoms with Crippen LogP contribution in [-0.4, -0.2) is 35.8 Å². The predicted molar refractivity (Wildman–Crippen MR) is 101 cm³/mol. The number of urea groups is 1. The van der Waals surface area contributed by atoms with Gasteiger partial charge in [0.05, 0.1) is 5.02 Å². The fraction of sp³-hybridized carbons (Fsp3) is 0.471. The lowest BCUT2D eigenvalue weighted by Gasteiger charge is -2.23. The van der Waals surface area contributed by atoms with Crippen LogP contribution < -0.4 is 16.2 Å². The molecule has 1 aliphatic heterocycles. The molecule has 1 aromatic carbocycles. The summed E-state index contributed by atoms with van der Waals surface area (Å²) in [5, 5.41) is 0.525. The lowest BCUT2D eigenvalue weighted by Crippen LogP contribution is -2.50. The van der Waals surface area contributed by atoms with E-state index in [0.29, 0.717) is 29.0 Å². The largest absolute Gasteiger partial charge is 0.350 e. The van der Waals surface area contributed by atoms with Gasteiger partial charge in [0.2, 0.25) is 11.8 Å². The van der Waals surface area contributed by atoms with Gasteiger partial charge in [-0.15, -0.1) is 0 Å². The topological polar surface area (TPSA) is 95.7 Å². The van der Waals surface area contributed by atoms with Crippen molar-refractivity contribution in [1.82, 2.24) is 10.3 Å². The number of benzene rings is 1. The third-order valence-corrected chi connectivity index (χ3v) is 5.41. The third kappa shape index (κ3) is 4.70. The van der Waals surface area contributed by atoms with Crippen molar-refractivity contribution in [2.45, 2.75) is 25.7 Å². The SMILES string of the molecule is NC(=O)N(NC(=O)C[C@@H]1CCN(C(=O)C2CC2)C1)c1c(F)cc(Br)cc1Cl. The molecule has 1 aliphatic carbocycles. The molecule has 3 N–H and O–H groups in total. The van der Waals surface area contributed by atoms with Crippen LogP contribution in [0.1, 0.15) is 25.7 Å². The molecule has 4 amide bonds. The molecule has 2 aliphatic rings. The maximum absolute atomic E-state index is 14.2. The average molecular weight is 462 g/mol. The molecule has 7 nitrogen and oxygen atoms in total. The summed E-state index contributed by atoms with van der Waals surface area (Å²) in [6.07, 6.45) is 2.67. The Bertz CT molecular complexity index is 766. The first kappa shape index (κ1) is 19.9. The summed E-state index contributed by atoms with van der Waals surface area (Å²) >= 11 is 9.10. The van der Waals surface area contributed by atoms with E-state index < -0.39 is 17.8 Å². The number of hydrazine groups is 1. The maximum Gasteiger partial charge on any atom is 0.338 e. The fourth-order valence-corrected chi connectivity index (χ4v) is 4.04. The minimum atomic E-state index is -1.07. The Balaban J connectivity index is 1.63. The number of carbonyl (C=O) groups is 3. The summed E-state index contributed by atoms with van der Waals surface area (Å²) in [6.45, 7) is 1.13. The van der Waals surface area contributed by atoms with Gasteiger partial charge in [0, 0.05) is 29.9 Å². The predicted octanol–water partition coefficient (Wildman–Crippen LogP) is 2.81. The van der Waals surface area contributed by atoms with E-state index in [1.165, 1.54) is 6.07 Å². The van der Waals surface area contributed by atoms with Gasteiger partial charge in [-0.1, -0.05) is 27.5 Å². The van der Waals surface area contributed by atoms with Crippen molar-refractivity contribution in [2.24, 2.45) is 17.6 Å². The molecule has 10 heteroatoms. The van der Waals surface area contributed by atoms with Gasteiger partial charge >= 0.3 is 6.03 Å². The Morgan fingerprint density at radius 2 is 2.04 bits per heavy atom. The first-order chi connectivity index (χ1) is 12.8. The molecular weight excluding hydrogens is 443 g/mol. The van der Waals surface area contributed by atoms with Crippen molar-refractivity contribution < 1.29 is 18.8 Å². The molecule has 1 aromatic rings. The van der Waals surface area contributed by atoms with Crippen molar-refractivity contribution in [3.63, 3.8) is 0 Å². The van der Waals surface area contributed by atoms with Crippen molar-refractivity contribution in [3.8, 4) is 0 Å². The van der Waals surface area contributed by atoms with Gasteiger partial charge in [0.15, 0.2) is 5.82 Å². The van der Waals surface area contributed by atoms with Crippen molar-refractivity contribution in [3.05, 3.63) is 27.4 Å². The third-order valence-electron chi connectivity index (χ3n) is 4.66. The minimum Gasteiger partial charge on any atom is -0.350 e. The number of hydrogen-bond donors (Lipinski definition) is 2. The average Bonchev–Trinajstić information content (AvgIpc) is 3.32. The smallest absolute Gasteiger partial charge is 0.338 e. The highest BCUT2D eigenvalue weighted by Gasteiger charge is 2.37. The van der Waals surface area contributed by atoms with Crippen LogP contribution in [-0.2, 0) is 9.59 Å². The van der Waals surface area contributed by atoms with Gasteiger partial charge in [-0.05, 0) is 37.3 Å². The number of amides is 4. The Labute approximate surface area is 169 Å². The second-order valence-electron chi connectivity index (χ2n) is 6.84. The van der Waals surface area contributed by atoms with E-state index in [4.69, 9.17) is 17.3 Å². The normalized spacial score (nSPS) is 19.1. The molecule has 1 saturated carbocycles. The number of halogens is 3. The van der Waals surface area contributed by atoms with Crippen molar-refractivity contribution in [1.29, 1.82) is 0 Å². The second-order valence-corrected chi connectivity index (χ2v) is 8.17. The monoisotopic (exact) mass is 460 g/mol. The summed E-state index contributed by atoms with van der Waals surface area (Å²) in [6, 6.07) is 1.44. The zero-order valence-electron chi connectivity index (χ0n) is 14.4. The molecule has 1 saturated heterocycles. The summed E-state index contributed by atoms with van der Waals surface area (Å²) in [7, 11) is 0. The number of hydrogen-bond acceptors (Lipinski definition) is 3. The van der Waals surface area contributed by atoms with E-state index in [-0.39, 0.29) is 34.9 Å². The van der Waals surface area contributed by atoms with Crippen LogP contribution in [0, 0.1) is 17.7 Å². The van der Waals surface area contributed by atoms with Crippen molar-refractivity contribution in [2.75, 3.05) is 18.1 Å². The molecule has 1 heterocycles. The number of rotatable bonds is 4.